The number of fused-ring (bicyclic) bond motifs is 1. The van der Waals surface area contributed by atoms with Gasteiger partial charge in [0.05, 0.1) is 0 Å². The zero-order valence-electron chi connectivity index (χ0n) is 8.45. The van der Waals surface area contributed by atoms with Crippen LogP contribution in [-0.4, -0.2) is 10.9 Å². The topological polar surface area (TPSA) is 22.0 Å². The number of hydrogen-bond donors (Lipinski definition) is 0. The lowest BCUT2D eigenvalue weighted by atomic mass is 10.2. The Bertz CT molecular complexity index is 482. The first-order valence-electron chi connectivity index (χ1n) is 4.81. The Hall–Kier alpha value is -1.57. The fourth-order valence-corrected chi connectivity index (χ4v) is 1.92. The van der Waals surface area contributed by atoms with Crippen LogP contribution in [-0.2, 0) is 6.54 Å². The monoisotopic (exact) mass is 187 g/mol. The molecule has 0 atom stereocenters. The number of hydrogen-bond acceptors (Lipinski definition) is 1. The van der Waals surface area contributed by atoms with Crippen molar-refractivity contribution in [2.45, 2.75) is 20.4 Å². The number of aldehydes is 1. The van der Waals surface area contributed by atoms with Crippen molar-refractivity contribution in [2.75, 3.05) is 0 Å². The summed E-state index contributed by atoms with van der Waals surface area (Å²) in [7, 11) is 0. The molecular formula is C12H13NO. The maximum absolute atomic E-state index is 10.6. The number of rotatable bonds is 2. The minimum absolute atomic E-state index is 0.741. The summed E-state index contributed by atoms with van der Waals surface area (Å²) in [6, 6.07) is 7.92. The van der Waals surface area contributed by atoms with Gasteiger partial charge in [-0.15, -0.1) is 0 Å². The Morgan fingerprint density at radius 1 is 1.36 bits per heavy atom. The molecule has 2 heteroatoms. The van der Waals surface area contributed by atoms with Crippen molar-refractivity contribution in [3.8, 4) is 0 Å². The number of aryl methyl sites for hydroxylation is 2. The van der Waals surface area contributed by atoms with Crippen LogP contribution in [0.1, 0.15) is 23.0 Å². The highest BCUT2D eigenvalue weighted by molar-refractivity contribution is 5.88. The molecule has 0 radical (unpaired) electrons. The summed E-state index contributed by atoms with van der Waals surface area (Å²) in [6.07, 6.45) is 0.887. The van der Waals surface area contributed by atoms with E-state index in [9.17, 15) is 4.79 Å². The van der Waals surface area contributed by atoms with Crippen molar-refractivity contribution in [3.05, 3.63) is 35.5 Å². The molecule has 0 fully saturated rings. The van der Waals surface area contributed by atoms with E-state index < -0.39 is 0 Å². The van der Waals surface area contributed by atoms with Gasteiger partial charge in [-0.25, -0.2) is 0 Å². The molecule has 1 aromatic carbocycles. The van der Waals surface area contributed by atoms with Crippen LogP contribution in [0, 0.1) is 6.92 Å². The molecule has 0 aliphatic rings. The van der Waals surface area contributed by atoms with Crippen molar-refractivity contribution < 1.29 is 4.79 Å². The van der Waals surface area contributed by atoms with Crippen LogP contribution in [0.3, 0.4) is 0 Å². The SMILES string of the molecule is CCn1c(C)cc2cc(C=O)ccc21. The third-order valence-electron chi connectivity index (χ3n) is 2.58. The largest absolute Gasteiger partial charge is 0.345 e. The van der Waals surface area contributed by atoms with E-state index in [-0.39, 0.29) is 0 Å². The molecular weight excluding hydrogens is 174 g/mol. The molecule has 72 valence electrons. The highest BCUT2D eigenvalue weighted by Gasteiger charge is 2.03. The second-order valence-electron chi connectivity index (χ2n) is 3.47. The molecule has 0 amide bonds. The van der Waals surface area contributed by atoms with E-state index in [0.717, 1.165) is 23.8 Å². The van der Waals surface area contributed by atoms with E-state index in [1.165, 1.54) is 11.2 Å². The van der Waals surface area contributed by atoms with E-state index in [1.54, 1.807) is 0 Å². The minimum atomic E-state index is 0.741. The molecule has 1 heterocycles. The zero-order chi connectivity index (χ0) is 10.1. The lowest BCUT2D eigenvalue weighted by Gasteiger charge is -2.03. The van der Waals surface area contributed by atoms with E-state index in [4.69, 9.17) is 0 Å². The predicted octanol–water partition coefficient (Wildman–Crippen LogP) is 2.78. The molecule has 0 spiro atoms. The van der Waals surface area contributed by atoms with Crippen LogP contribution in [0.15, 0.2) is 24.3 Å². The molecule has 0 saturated heterocycles. The number of nitrogens with zero attached hydrogens (tertiary/aromatic N) is 1. The van der Waals surface area contributed by atoms with Gasteiger partial charge in [-0.3, -0.25) is 4.79 Å². The van der Waals surface area contributed by atoms with Crippen LogP contribution in [0.4, 0.5) is 0 Å². The average Bonchev–Trinajstić information content (AvgIpc) is 2.51. The number of benzene rings is 1. The molecule has 0 unspecified atom stereocenters. The fraction of sp³-hybridized carbons (Fsp3) is 0.250. The Labute approximate surface area is 83.2 Å². The highest BCUT2D eigenvalue weighted by atomic mass is 16.1. The Morgan fingerprint density at radius 3 is 2.79 bits per heavy atom. The fourth-order valence-electron chi connectivity index (χ4n) is 1.92. The van der Waals surface area contributed by atoms with Crippen LogP contribution in [0.5, 0.6) is 0 Å². The first-order chi connectivity index (χ1) is 6.76. The smallest absolute Gasteiger partial charge is 0.150 e. The van der Waals surface area contributed by atoms with E-state index in [1.807, 2.05) is 18.2 Å². The van der Waals surface area contributed by atoms with Crippen LogP contribution in [0.2, 0.25) is 0 Å². The molecule has 0 aliphatic carbocycles. The second-order valence-corrected chi connectivity index (χ2v) is 3.47. The molecule has 2 nitrogen and oxygen atoms in total. The minimum Gasteiger partial charge on any atom is -0.345 e. The van der Waals surface area contributed by atoms with Gasteiger partial charge < -0.3 is 4.57 Å². The lowest BCUT2D eigenvalue weighted by molar-refractivity contribution is 0.112. The maximum atomic E-state index is 10.6. The summed E-state index contributed by atoms with van der Waals surface area (Å²) in [5, 5.41) is 1.15. The predicted molar refractivity (Wildman–Crippen MR) is 57.7 cm³/mol. The van der Waals surface area contributed by atoms with Crippen LogP contribution >= 0.6 is 0 Å². The lowest BCUT2D eigenvalue weighted by Crippen LogP contribution is -1.95. The third-order valence-corrected chi connectivity index (χ3v) is 2.58. The molecule has 2 rings (SSSR count). The normalized spacial score (nSPS) is 10.7. The van der Waals surface area contributed by atoms with E-state index >= 15 is 0 Å². The van der Waals surface area contributed by atoms with Gasteiger partial charge in [-0.1, -0.05) is 0 Å². The summed E-state index contributed by atoms with van der Waals surface area (Å²) < 4.78 is 2.24. The standard InChI is InChI=1S/C12H13NO/c1-3-13-9(2)6-11-7-10(8-14)4-5-12(11)13/h4-8H,3H2,1-2H3. The first-order valence-corrected chi connectivity index (χ1v) is 4.81. The summed E-state index contributed by atoms with van der Waals surface area (Å²) in [5.41, 5.74) is 3.19. The molecule has 2 aromatic rings. The number of carbonyl (C=O) groups excluding carboxylic acids is 1. The van der Waals surface area contributed by atoms with Crippen molar-refractivity contribution in [1.29, 1.82) is 0 Å². The van der Waals surface area contributed by atoms with Gasteiger partial charge in [0, 0.05) is 28.7 Å². The average molecular weight is 187 g/mol. The van der Waals surface area contributed by atoms with Gasteiger partial charge in [-0.05, 0) is 38.1 Å². The first kappa shape index (κ1) is 9.00. The van der Waals surface area contributed by atoms with Crippen molar-refractivity contribution >= 4 is 17.2 Å². The Balaban J connectivity index is 2.74. The quantitative estimate of drug-likeness (QED) is 0.662. The van der Waals surface area contributed by atoms with Gasteiger partial charge in [-0.2, -0.15) is 0 Å². The van der Waals surface area contributed by atoms with Gasteiger partial charge in [0.25, 0.3) is 0 Å². The summed E-state index contributed by atoms with van der Waals surface area (Å²) in [4.78, 5) is 10.6. The molecule has 1 aromatic heterocycles. The highest BCUT2D eigenvalue weighted by Crippen LogP contribution is 2.20. The maximum Gasteiger partial charge on any atom is 0.150 e. The number of carbonyl (C=O) groups is 1. The number of aromatic nitrogens is 1. The van der Waals surface area contributed by atoms with E-state index in [2.05, 4.69) is 24.5 Å². The summed E-state index contributed by atoms with van der Waals surface area (Å²) in [6.45, 7) is 5.18. The molecule has 0 saturated carbocycles. The molecule has 14 heavy (non-hydrogen) atoms. The molecule has 0 aliphatic heterocycles. The molecule has 0 bridgehead atoms. The third kappa shape index (κ3) is 1.23. The van der Waals surface area contributed by atoms with Gasteiger partial charge in [0.15, 0.2) is 0 Å². The molecule has 0 N–H and O–H groups in total. The van der Waals surface area contributed by atoms with Crippen LogP contribution in [0.25, 0.3) is 10.9 Å². The Kier molecular flexibility index (Phi) is 2.12. The Morgan fingerprint density at radius 2 is 2.14 bits per heavy atom. The van der Waals surface area contributed by atoms with Crippen molar-refractivity contribution in [3.63, 3.8) is 0 Å². The van der Waals surface area contributed by atoms with Gasteiger partial charge in [0.1, 0.15) is 6.29 Å². The summed E-state index contributed by atoms with van der Waals surface area (Å²) >= 11 is 0. The van der Waals surface area contributed by atoms with Gasteiger partial charge >= 0.3 is 0 Å². The van der Waals surface area contributed by atoms with E-state index in [0.29, 0.717) is 0 Å². The van der Waals surface area contributed by atoms with Crippen molar-refractivity contribution in [2.24, 2.45) is 0 Å². The summed E-state index contributed by atoms with van der Waals surface area (Å²) in [5.74, 6) is 0. The second kappa shape index (κ2) is 3.29. The van der Waals surface area contributed by atoms with Gasteiger partial charge in [0.2, 0.25) is 0 Å². The zero-order valence-corrected chi connectivity index (χ0v) is 8.45. The van der Waals surface area contributed by atoms with Crippen LogP contribution < -0.4 is 0 Å². The van der Waals surface area contributed by atoms with Crippen molar-refractivity contribution in [1.82, 2.24) is 4.57 Å².